The number of hydrogen-bond acceptors (Lipinski definition) is 14. The number of ether oxygens (including phenoxy) is 1. The molecule has 0 heterocycles. The van der Waals surface area contributed by atoms with Crippen molar-refractivity contribution in [2.24, 2.45) is 20.5 Å². The lowest BCUT2D eigenvalue weighted by molar-refractivity contribution is 0.413. The third kappa shape index (κ3) is 7.80. The van der Waals surface area contributed by atoms with Crippen molar-refractivity contribution in [1.82, 2.24) is 0 Å². The van der Waals surface area contributed by atoms with Gasteiger partial charge in [0, 0.05) is 28.9 Å². The highest BCUT2D eigenvalue weighted by Gasteiger charge is 2.23. The summed E-state index contributed by atoms with van der Waals surface area (Å²) in [6, 6.07) is 18.9. The van der Waals surface area contributed by atoms with Crippen molar-refractivity contribution >= 4 is 75.3 Å². The minimum Gasteiger partial charge on any atom is -0.506 e. The first-order valence-corrected chi connectivity index (χ1v) is 17.7. The molecule has 5 rings (SSSR count). The maximum atomic E-state index is 12.3. The second-order valence-corrected chi connectivity index (χ2v) is 14.2. The van der Waals surface area contributed by atoms with Crippen LogP contribution in [0.15, 0.2) is 120 Å². The van der Waals surface area contributed by atoms with Crippen LogP contribution in [0.2, 0.25) is 0 Å². The van der Waals surface area contributed by atoms with Gasteiger partial charge in [0.2, 0.25) is 0 Å². The summed E-state index contributed by atoms with van der Waals surface area (Å²) in [7, 11) is -13.7. The van der Waals surface area contributed by atoms with Crippen LogP contribution in [-0.4, -0.2) is 56.2 Å². The van der Waals surface area contributed by atoms with Gasteiger partial charge in [0.05, 0.1) is 12.0 Å². The standard InChI is InChI=1S/C29H23N5O12S3/c1-46-25-15-22(24(35)14-23(25)33-31-21-10-8-19(47(37,38)39)13-26(21)48(40,41)42)32-34-28-27(49(43,44)45)12-16-11-18(7-9-20(16)29(28)36)30-17-5-3-2-4-6-17/h2-15,30,35-36H,1H3,(H,37,38,39)(H,40,41,42)(H,43,44,45). The average molecular weight is 730 g/mol. The number of para-hydroxylation sites is 1. The van der Waals surface area contributed by atoms with Gasteiger partial charge in [0.25, 0.3) is 30.4 Å². The van der Waals surface area contributed by atoms with Gasteiger partial charge >= 0.3 is 0 Å². The first-order valence-electron chi connectivity index (χ1n) is 13.4. The molecule has 5 aromatic rings. The van der Waals surface area contributed by atoms with E-state index in [0.29, 0.717) is 11.8 Å². The summed E-state index contributed by atoms with van der Waals surface area (Å²) in [4.78, 5) is -2.64. The monoisotopic (exact) mass is 729 g/mol. The highest BCUT2D eigenvalue weighted by atomic mass is 32.2. The molecule has 0 unspecified atom stereocenters. The Morgan fingerprint density at radius 1 is 0.612 bits per heavy atom. The number of methoxy groups -OCH3 is 1. The normalized spacial score (nSPS) is 12.6. The number of phenols is 2. The van der Waals surface area contributed by atoms with Gasteiger partial charge in [0.15, 0.2) is 5.75 Å². The molecule has 0 aliphatic carbocycles. The van der Waals surface area contributed by atoms with Gasteiger partial charge in [-0.25, -0.2) is 0 Å². The molecule has 0 atom stereocenters. The summed E-state index contributed by atoms with van der Waals surface area (Å²) in [5.74, 6) is -1.43. The first-order chi connectivity index (χ1) is 23.0. The lowest BCUT2D eigenvalue weighted by Gasteiger charge is -2.12. The molecule has 0 radical (unpaired) electrons. The Labute approximate surface area is 278 Å². The van der Waals surface area contributed by atoms with Crippen molar-refractivity contribution in [1.29, 1.82) is 0 Å². The molecule has 0 saturated carbocycles. The number of benzene rings is 5. The average Bonchev–Trinajstić information content (AvgIpc) is 3.02. The van der Waals surface area contributed by atoms with Gasteiger partial charge < -0.3 is 20.3 Å². The highest BCUT2D eigenvalue weighted by Crippen LogP contribution is 2.45. The van der Waals surface area contributed by atoms with E-state index in [2.05, 4.69) is 25.8 Å². The van der Waals surface area contributed by atoms with Crippen LogP contribution in [-0.2, 0) is 30.4 Å². The Kier molecular flexibility index (Phi) is 9.37. The number of phenolic OH excluding ortho intramolecular Hbond substituents is 2. The van der Waals surface area contributed by atoms with Crippen molar-refractivity contribution in [2.45, 2.75) is 14.7 Å². The summed E-state index contributed by atoms with van der Waals surface area (Å²) < 4.78 is 105. The van der Waals surface area contributed by atoms with Crippen LogP contribution in [0.4, 0.5) is 34.1 Å². The molecular formula is C29H23N5O12S3. The fraction of sp³-hybridized carbons (Fsp3) is 0.0345. The van der Waals surface area contributed by atoms with E-state index in [1.807, 2.05) is 30.3 Å². The molecule has 0 saturated heterocycles. The Morgan fingerprint density at radius 2 is 1.27 bits per heavy atom. The Balaban J connectivity index is 1.52. The summed E-state index contributed by atoms with van der Waals surface area (Å²) >= 11 is 0. The molecule has 0 fully saturated rings. The summed E-state index contributed by atoms with van der Waals surface area (Å²) in [5, 5.41) is 40.3. The third-order valence-electron chi connectivity index (χ3n) is 6.70. The number of rotatable bonds is 10. The van der Waals surface area contributed by atoms with Crippen molar-refractivity contribution in [2.75, 3.05) is 12.4 Å². The zero-order valence-electron chi connectivity index (χ0n) is 24.7. The quantitative estimate of drug-likeness (QED) is 0.0656. The van der Waals surface area contributed by atoms with Gasteiger partial charge in [-0.3, -0.25) is 13.7 Å². The number of anilines is 2. The topological polar surface area (TPSA) is 274 Å². The molecule has 17 nitrogen and oxygen atoms in total. The SMILES string of the molecule is COc1cc(N=Nc2c(S(=O)(=O)O)cc3cc(Nc4ccccc4)ccc3c2O)c(O)cc1N=Nc1ccc(S(=O)(=O)O)cc1S(=O)(=O)O. The summed E-state index contributed by atoms with van der Waals surface area (Å²) in [6.45, 7) is 0. The van der Waals surface area contributed by atoms with E-state index in [1.165, 1.54) is 13.2 Å². The fourth-order valence-electron chi connectivity index (χ4n) is 4.43. The fourth-order valence-corrected chi connectivity index (χ4v) is 6.32. The molecule has 0 spiro atoms. The van der Waals surface area contributed by atoms with E-state index < -0.39 is 67.9 Å². The number of nitrogens with one attached hydrogen (secondary N) is 1. The van der Waals surface area contributed by atoms with Gasteiger partial charge in [-0.05, 0) is 60.0 Å². The smallest absolute Gasteiger partial charge is 0.296 e. The van der Waals surface area contributed by atoms with E-state index in [-0.39, 0.29) is 27.9 Å². The van der Waals surface area contributed by atoms with Crippen LogP contribution in [0, 0.1) is 0 Å². The Hall–Kier alpha value is -5.51. The highest BCUT2D eigenvalue weighted by molar-refractivity contribution is 7.87. The molecule has 0 aliphatic rings. The van der Waals surface area contributed by atoms with E-state index in [0.717, 1.165) is 36.0 Å². The van der Waals surface area contributed by atoms with Crippen molar-refractivity contribution in [3.63, 3.8) is 0 Å². The second kappa shape index (κ2) is 13.2. The predicted octanol–water partition coefficient (Wildman–Crippen LogP) is 6.57. The zero-order valence-corrected chi connectivity index (χ0v) is 27.1. The van der Waals surface area contributed by atoms with Crippen LogP contribution < -0.4 is 10.1 Å². The van der Waals surface area contributed by atoms with E-state index >= 15 is 0 Å². The molecule has 0 amide bonds. The predicted molar refractivity (Wildman–Crippen MR) is 174 cm³/mol. The lowest BCUT2D eigenvalue weighted by atomic mass is 10.1. The Bertz CT molecular complexity index is 2510. The van der Waals surface area contributed by atoms with Crippen LogP contribution in [0.3, 0.4) is 0 Å². The van der Waals surface area contributed by atoms with Crippen molar-refractivity contribution < 1.29 is 53.9 Å². The summed E-state index contributed by atoms with van der Waals surface area (Å²) in [6.07, 6.45) is 0. The van der Waals surface area contributed by atoms with Crippen LogP contribution in [0.1, 0.15) is 0 Å². The van der Waals surface area contributed by atoms with E-state index in [4.69, 9.17) is 4.74 Å². The number of fused-ring (bicyclic) bond motifs is 1. The zero-order chi connectivity index (χ0) is 35.7. The summed E-state index contributed by atoms with van der Waals surface area (Å²) in [5.41, 5.74) is -0.472. The number of aromatic hydroxyl groups is 2. The van der Waals surface area contributed by atoms with Gasteiger partial charge in [-0.15, -0.1) is 20.5 Å². The number of nitrogens with zero attached hydrogens (tertiary/aromatic N) is 4. The number of hydrogen-bond donors (Lipinski definition) is 6. The minimum absolute atomic E-state index is 0.144. The van der Waals surface area contributed by atoms with Crippen molar-refractivity contribution in [3.8, 4) is 17.2 Å². The maximum Gasteiger partial charge on any atom is 0.296 e. The minimum atomic E-state index is -5.05. The molecule has 0 bridgehead atoms. The molecule has 0 aliphatic heterocycles. The van der Waals surface area contributed by atoms with E-state index in [9.17, 15) is 49.1 Å². The molecule has 5 aromatic carbocycles. The van der Waals surface area contributed by atoms with Crippen LogP contribution in [0.25, 0.3) is 10.8 Å². The molecular weight excluding hydrogens is 707 g/mol. The van der Waals surface area contributed by atoms with Gasteiger partial charge in [-0.2, -0.15) is 25.3 Å². The first kappa shape index (κ1) is 34.8. The molecule has 20 heteroatoms. The van der Waals surface area contributed by atoms with Crippen LogP contribution in [0.5, 0.6) is 17.2 Å². The maximum absolute atomic E-state index is 12.3. The van der Waals surface area contributed by atoms with Crippen molar-refractivity contribution in [3.05, 3.63) is 84.9 Å². The molecule has 0 aromatic heterocycles. The molecule has 6 N–H and O–H groups in total. The molecule has 49 heavy (non-hydrogen) atoms. The Morgan fingerprint density at radius 3 is 1.90 bits per heavy atom. The third-order valence-corrected chi connectivity index (χ3v) is 9.30. The van der Waals surface area contributed by atoms with E-state index in [1.54, 1.807) is 12.1 Å². The second-order valence-electron chi connectivity index (χ2n) is 9.97. The van der Waals surface area contributed by atoms with Gasteiger partial charge in [-0.1, -0.05) is 18.2 Å². The van der Waals surface area contributed by atoms with Crippen LogP contribution >= 0.6 is 0 Å². The lowest BCUT2D eigenvalue weighted by Crippen LogP contribution is -2.03. The van der Waals surface area contributed by atoms with Gasteiger partial charge in [0.1, 0.15) is 44.0 Å². The molecule has 254 valence electrons. The number of azo groups is 2. The largest absolute Gasteiger partial charge is 0.506 e.